The van der Waals surface area contributed by atoms with E-state index in [0.29, 0.717) is 0 Å². The summed E-state index contributed by atoms with van der Waals surface area (Å²) in [5.74, 6) is -0.327. The number of hydrogen-bond acceptors (Lipinski definition) is 2. The van der Waals surface area contributed by atoms with Gasteiger partial charge >= 0.3 is 6.03 Å². The van der Waals surface area contributed by atoms with Gasteiger partial charge in [-0.15, -0.1) is 0 Å². The van der Waals surface area contributed by atoms with Crippen molar-refractivity contribution in [1.29, 1.82) is 0 Å². The molecule has 2 aromatic rings. The zero-order valence-electron chi connectivity index (χ0n) is 10.2. The maximum absolute atomic E-state index is 12.4. The SMILES string of the molecule is O=C1NC(=O)[C@@]2(N1)c1ccccc1-c1ccc(Br)cc12. The van der Waals surface area contributed by atoms with Gasteiger partial charge in [0.25, 0.3) is 5.91 Å². The third-order valence-corrected chi connectivity index (χ3v) is 4.37. The van der Waals surface area contributed by atoms with Gasteiger partial charge in [0.1, 0.15) is 0 Å². The van der Waals surface area contributed by atoms with E-state index in [1.807, 2.05) is 42.5 Å². The summed E-state index contributed by atoms with van der Waals surface area (Å²) in [7, 11) is 0. The monoisotopic (exact) mass is 328 g/mol. The van der Waals surface area contributed by atoms with Crippen LogP contribution < -0.4 is 10.6 Å². The smallest absolute Gasteiger partial charge is 0.316 e. The van der Waals surface area contributed by atoms with E-state index in [2.05, 4.69) is 26.6 Å². The molecular weight excluding hydrogens is 320 g/mol. The lowest BCUT2D eigenvalue weighted by Crippen LogP contribution is -2.43. The van der Waals surface area contributed by atoms with Gasteiger partial charge in [-0.3, -0.25) is 10.1 Å². The molecule has 1 atom stereocenters. The number of rotatable bonds is 0. The zero-order valence-corrected chi connectivity index (χ0v) is 11.8. The number of carbonyl (C=O) groups excluding carboxylic acids is 2. The van der Waals surface area contributed by atoms with E-state index >= 15 is 0 Å². The Hall–Kier alpha value is -2.14. The number of benzene rings is 2. The van der Waals surface area contributed by atoms with Gasteiger partial charge in [0.05, 0.1) is 0 Å². The predicted molar refractivity (Wildman–Crippen MR) is 77.0 cm³/mol. The third-order valence-electron chi connectivity index (χ3n) is 3.88. The van der Waals surface area contributed by atoms with Crippen LogP contribution >= 0.6 is 15.9 Å². The Morgan fingerprint density at radius 2 is 1.70 bits per heavy atom. The van der Waals surface area contributed by atoms with Crippen LogP contribution in [0.4, 0.5) is 4.79 Å². The number of amides is 3. The summed E-state index contributed by atoms with van der Waals surface area (Å²) in [6, 6.07) is 13.0. The summed E-state index contributed by atoms with van der Waals surface area (Å²) in [6.07, 6.45) is 0. The molecule has 1 aliphatic heterocycles. The molecule has 0 unspecified atom stereocenters. The lowest BCUT2D eigenvalue weighted by molar-refractivity contribution is -0.122. The molecule has 4 rings (SSSR count). The maximum atomic E-state index is 12.4. The molecule has 1 heterocycles. The van der Waals surface area contributed by atoms with Gasteiger partial charge in [-0.2, -0.15) is 0 Å². The van der Waals surface area contributed by atoms with Crippen LogP contribution in [0, 0.1) is 0 Å². The molecule has 20 heavy (non-hydrogen) atoms. The molecule has 1 fully saturated rings. The Morgan fingerprint density at radius 1 is 0.950 bits per heavy atom. The number of imide groups is 1. The number of carbonyl (C=O) groups is 2. The lowest BCUT2D eigenvalue weighted by atomic mass is 9.88. The summed E-state index contributed by atoms with van der Waals surface area (Å²) in [5.41, 5.74) is 2.47. The molecule has 0 saturated carbocycles. The number of hydrogen-bond donors (Lipinski definition) is 2. The normalized spacial score (nSPS) is 22.4. The molecular formula is C15H9BrN2O2. The van der Waals surface area contributed by atoms with Crippen LogP contribution in [0.1, 0.15) is 11.1 Å². The summed E-state index contributed by atoms with van der Waals surface area (Å²) < 4.78 is 0.873. The van der Waals surface area contributed by atoms with E-state index in [9.17, 15) is 9.59 Å². The fourth-order valence-electron chi connectivity index (χ4n) is 3.09. The average Bonchev–Trinajstić information content (AvgIpc) is 2.88. The fraction of sp³-hybridized carbons (Fsp3) is 0.0667. The Balaban J connectivity index is 2.12. The number of halogens is 1. The van der Waals surface area contributed by atoms with Crippen LogP contribution in [-0.2, 0) is 10.3 Å². The van der Waals surface area contributed by atoms with Crippen molar-refractivity contribution in [3.05, 3.63) is 58.1 Å². The summed E-state index contributed by atoms with van der Waals surface area (Å²) in [6.45, 7) is 0. The van der Waals surface area contributed by atoms with Crippen LogP contribution in [-0.4, -0.2) is 11.9 Å². The molecule has 3 amide bonds. The predicted octanol–water partition coefficient (Wildman–Crippen LogP) is 2.51. The Bertz CT molecular complexity index is 787. The molecule has 2 N–H and O–H groups in total. The standard InChI is InChI=1S/C15H9BrN2O2/c16-8-5-6-10-9-3-1-2-4-11(9)15(12(10)7-8)13(19)17-14(20)18-15/h1-7H,(H2,17,18,19,20)/t15-/m1/s1. The maximum Gasteiger partial charge on any atom is 0.322 e. The molecule has 1 aliphatic carbocycles. The van der Waals surface area contributed by atoms with Gasteiger partial charge in [0.15, 0.2) is 5.54 Å². The molecule has 0 bridgehead atoms. The van der Waals surface area contributed by atoms with Crippen molar-refractivity contribution >= 4 is 27.9 Å². The van der Waals surface area contributed by atoms with Gasteiger partial charge in [0, 0.05) is 10.0 Å². The number of urea groups is 1. The van der Waals surface area contributed by atoms with Gasteiger partial charge in [-0.1, -0.05) is 46.3 Å². The van der Waals surface area contributed by atoms with Gasteiger partial charge in [-0.05, 0) is 28.8 Å². The fourth-order valence-corrected chi connectivity index (χ4v) is 3.45. The van der Waals surface area contributed by atoms with E-state index in [4.69, 9.17) is 0 Å². The minimum Gasteiger partial charge on any atom is -0.316 e. The van der Waals surface area contributed by atoms with Crippen molar-refractivity contribution in [3.8, 4) is 11.1 Å². The van der Waals surface area contributed by atoms with Gasteiger partial charge < -0.3 is 5.32 Å². The minimum atomic E-state index is -1.10. The molecule has 2 aliphatic rings. The first-order valence-electron chi connectivity index (χ1n) is 6.16. The van der Waals surface area contributed by atoms with Crippen molar-refractivity contribution in [3.63, 3.8) is 0 Å². The first-order valence-corrected chi connectivity index (χ1v) is 6.96. The molecule has 0 radical (unpaired) electrons. The second-order valence-electron chi connectivity index (χ2n) is 4.89. The Morgan fingerprint density at radius 3 is 2.45 bits per heavy atom. The van der Waals surface area contributed by atoms with Crippen LogP contribution in [0.5, 0.6) is 0 Å². The van der Waals surface area contributed by atoms with Crippen LogP contribution in [0.25, 0.3) is 11.1 Å². The molecule has 2 aromatic carbocycles. The second kappa shape index (κ2) is 3.70. The Labute approximate surface area is 123 Å². The van der Waals surface area contributed by atoms with Crippen LogP contribution in [0.15, 0.2) is 46.9 Å². The second-order valence-corrected chi connectivity index (χ2v) is 5.81. The lowest BCUT2D eigenvalue weighted by Gasteiger charge is -2.23. The van der Waals surface area contributed by atoms with Crippen molar-refractivity contribution in [2.75, 3.05) is 0 Å². The van der Waals surface area contributed by atoms with Crippen molar-refractivity contribution in [2.45, 2.75) is 5.54 Å². The highest BCUT2D eigenvalue weighted by molar-refractivity contribution is 9.10. The minimum absolute atomic E-state index is 0.327. The van der Waals surface area contributed by atoms with E-state index in [0.717, 1.165) is 26.7 Å². The highest BCUT2D eigenvalue weighted by Crippen LogP contribution is 2.49. The first-order chi connectivity index (χ1) is 9.63. The summed E-state index contributed by atoms with van der Waals surface area (Å²) in [5, 5.41) is 5.14. The largest absolute Gasteiger partial charge is 0.322 e. The van der Waals surface area contributed by atoms with E-state index in [1.54, 1.807) is 0 Å². The molecule has 0 aromatic heterocycles. The van der Waals surface area contributed by atoms with E-state index in [1.165, 1.54) is 0 Å². The molecule has 5 heteroatoms. The summed E-state index contributed by atoms with van der Waals surface area (Å²) in [4.78, 5) is 24.1. The van der Waals surface area contributed by atoms with Crippen molar-refractivity contribution < 1.29 is 9.59 Å². The van der Waals surface area contributed by atoms with Crippen molar-refractivity contribution in [2.24, 2.45) is 0 Å². The molecule has 1 saturated heterocycles. The van der Waals surface area contributed by atoms with Crippen molar-refractivity contribution in [1.82, 2.24) is 10.6 Å². The third kappa shape index (κ3) is 1.25. The van der Waals surface area contributed by atoms with Crippen LogP contribution in [0.3, 0.4) is 0 Å². The molecule has 1 spiro atoms. The van der Waals surface area contributed by atoms with Gasteiger partial charge in [-0.25, -0.2) is 4.79 Å². The number of nitrogens with one attached hydrogen (secondary N) is 2. The van der Waals surface area contributed by atoms with E-state index in [-0.39, 0.29) is 5.91 Å². The average molecular weight is 329 g/mol. The highest BCUT2D eigenvalue weighted by atomic mass is 79.9. The summed E-state index contributed by atoms with van der Waals surface area (Å²) >= 11 is 3.43. The molecule has 98 valence electrons. The molecule has 4 nitrogen and oxygen atoms in total. The van der Waals surface area contributed by atoms with Crippen LogP contribution in [0.2, 0.25) is 0 Å². The number of fused-ring (bicyclic) bond motifs is 5. The topological polar surface area (TPSA) is 58.2 Å². The Kier molecular flexibility index (Phi) is 2.16. The highest BCUT2D eigenvalue weighted by Gasteiger charge is 2.54. The van der Waals surface area contributed by atoms with Gasteiger partial charge in [0.2, 0.25) is 0 Å². The van der Waals surface area contributed by atoms with E-state index < -0.39 is 11.6 Å². The quantitative estimate of drug-likeness (QED) is 0.730. The first kappa shape index (κ1) is 11.7. The zero-order chi connectivity index (χ0) is 13.9.